The van der Waals surface area contributed by atoms with Gasteiger partial charge in [0.15, 0.2) is 5.43 Å². The summed E-state index contributed by atoms with van der Waals surface area (Å²) in [6, 6.07) is 15.6. The van der Waals surface area contributed by atoms with Gasteiger partial charge >= 0.3 is 6.18 Å². The summed E-state index contributed by atoms with van der Waals surface area (Å²) in [5, 5.41) is 0.312. The minimum absolute atomic E-state index is 0.0193. The van der Waals surface area contributed by atoms with Gasteiger partial charge in [0.1, 0.15) is 5.58 Å². The van der Waals surface area contributed by atoms with Crippen LogP contribution in [0.25, 0.3) is 11.0 Å². The van der Waals surface area contributed by atoms with Crippen molar-refractivity contribution in [3.8, 4) is 0 Å². The maximum atomic E-state index is 13.6. The molecule has 3 aromatic carbocycles. The predicted octanol–water partition coefficient (Wildman–Crippen LogP) is 6.63. The first-order chi connectivity index (χ1) is 15.6. The van der Waals surface area contributed by atoms with Gasteiger partial charge in [-0.05, 0) is 55.0 Å². The molecule has 0 fully saturated rings. The van der Waals surface area contributed by atoms with Gasteiger partial charge in [0, 0.05) is 10.2 Å². The van der Waals surface area contributed by atoms with E-state index in [2.05, 4.69) is 15.9 Å². The summed E-state index contributed by atoms with van der Waals surface area (Å²) < 4.78 is 46.8. The molecule has 1 aliphatic rings. The van der Waals surface area contributed by atoms with Gasteiger partial charge < -0.3 is 4.42 Å². The number of aryl methyl sites for hydroxylation is 1. The zero-order valence-electron chi connectivity index (χ0n) is 17.1. The number of hydrogen-bond donors (Lipinski definition) is 0. The average Bonchev–Trinajstić information content (AvgIpc) is 3.06. The number of hydrogen-bond acceptors (Lipinski definition) is 3. The third-order valence-electron chi connectivity index (χ3n) is 5.64. The normalized spacial score (nSPS) is 15.8. The molecule has 33 heavy (non-hydrogen) atoms. The first kappa shape index (κ1) is 21.5. The molecule has 0 saturated heterocycles. The van der Waals surface area contributed by atoms with Gasteiger partial charge in [-0.3, -0.25) is 14.5 Å². The number of carbonyl (C=O) groups is 1. The molecule has 1 aliphatic heterocycles. The number of nitrogens with zero attached hydrogens (tertiary/aromatic N) is 1. The standard InChI is InChI=1S/C25H15BrF3NO3/c1-13-8-9-19-18(10-13)22(31)20-21(14-4-2-6-16(26)11-14)30(24(32)23(20)33-19)17-7-3-5-15(12-17)25(27,28)29/h2-12,21H,1H3. The van der Waals surface area contributed by atoms with Crippen LogP contribution in [0.5, 0.6) is 0 Å². The highest BCUT2D eigenvalue weighted by molar-refractivity contribution is 9.10. The van der Waals surface area contributed by atoms with Crippen LogP contribution in [0.1, 0.15) is 38.9 Å². The number of benzene rings is 3. The number of rotatable bonds is 2. The molecular formula is C25H15BrF3NO3. The van der Waals surface area contributed by atoms with Crippen LogP contribution in [0.3, 0.4) is 0 Å². The van der Waals surface area contributed by atoms with E-state index in [4.69, 9.17) is 4.42 Å². The summed E-state index contributed by atoms with van der Waals surface area (Å²) in [5.41, 5.74) is 0.497. The Morgan fingerprint density at radius 3 is 2.45 bits per heavy atom. The van der Waals surface area contributed by atoms with Gasteiger partial charge in [0.2, 0.25) is 5.76 Å². The second kappa shape index (κ2) is 7.59. The molecule has 5 rings (SSSR count). The van der Waals surface area contributed by atoms with E-state index < -0.39 is 23.7 Å². The lowest BCUT2D eigenvalue weighted by molar-refractivity contribution is -0.137. The molecule has 0 N–H and O–H groups in total. The molecule has 1 atom stereocenters. The van der Waals surface area contributed by atoms with Gasteiger partial charge in [0.05, 0.1) is 22.6 Å². The van der Waals surface area contributed by atoms with Crippen molar-refractivity contribution in [1.29, 1.82) is 0 Å². The van der Waals surface area contributed by atoms with Crippen molar-refractivity contribution in [3.05, 3.63) is 109 Å². The first-order valence-electron chi connectivity index (χ1n) is 9.99. The van der Waals surface area contributed by atoms with Crippen LogP contribution >= 0.6 is 15.9 Å². The highest BCUT2D eigenvalue weighted by Crippen LogP contribution is 2.43. The molecule has 4 nitrogen and oxygen atoms in total. The Balaban J connectivity index is 1.81. The average molecular weight is 514 g/mol. The summed E-state index contributed by atoms with van der Waals surface area (Å²) >= 11 is 3.39. The molecule has 1 amide bonds. The summed E-state index contributed by atoms with van der Waals surface area (Å²) in [7, 11) is 0. The predicted molar refractivity (Wildman–Crippen MR) is 121 cm³/mol. The van der Waals surface area contributed by atoms with E-state index in [1.165, 1.54) is 17.0 Å². The van der Waals surface area contributed by atoms with E-state index in [1.807, 2.05) is 6.92 Å². The smallest absolute Gasteiger partial charge is 0.416 e. The highest BCUT2D eigenvalue weighted by atomic mass is 79.9. The maximum absolute atomic E-state index is 13.6. The SMILES string of the molecule is Cc1ccc2oc3c(c(=O)c2c1)C(c1cccc(Br)c1)N(c1cccc(C(F)(F)F)c1)C3=O. The zero-order valence-corrected chi connectivity index (χ0v) is 18.7. The van der Waals surface area contributed by atoms with Gasteiger partial charge in [-0.1, -0.05) is 45.8 Å². The summed E-state index contributed by atoms with van der Waals surface area (Å²) in [5.74, 6) is -0.840. The number of alkyl halides is 3. The maximum Gasteiger partial charge on any atom is 0.416 e. The first-order valence-corrected chi connectivity index (χ1v) is 10.8. The van der Waals surface area contributed by atoms with Gasteiger partial charge in [0.25, 0.3) is 5.91 Å². The lowest BCUT2D eigenvalue weighted by atomic mass is 9.98. The van der Waals surface area contributed by atoms with Crippen molar-refractivity contribution in [2.75, 3.05) is 4.90 Å². The lowest BCUT2D eigenvalue weighted by Crippen LogP contribution is -2.29. The second-order valence-corrected chi connectivity index (χ2v) is 8.77. The van der Waals surface area contributed by atoms with E-state index in [9.17, 15) is 22.8 Å². The van der Waals surface area contributed by atoms with Crippen molar-refractivity contribution >= 4 is 38.5 Å². The Bertz CT molecular complexity index is 1490. The van der Waals surface area contributed by atoms with Crippen molar-refractivity contribution in [1.82, 2.24) is 0 Å². The molecule has 0 bridgehead atoms. The van der Waals surface area contributed by atoms with Crippen molar-refractivity contribution in [2.45, 2.75) is 19.1 Å². The van der Waals surface area contributed by atoms with Gasteiger partial charge in [-0.15, -0.1) is 0 Å². The van der Waals surface area contributed by atoms with E-state index in [0.717, 1.165) is 17.7 Å². The van der Waals surface area contributed by atoms with E-state index in [1.54, 1.807) is 42.5 Å². The number of halogens is 4. The minimum atomic E-state index is -4.59. The van der Waals surface area contributed by atoms with Gasteiger partial charge in [-0.2, -0.15) is 13.2 Å². The third-order valence-corrected chi connectivity index (χ3v) is 6.13. The number of fused-ring (bicyclic) bond motifs is 2. The molecule has 0 aliphatic carbocycles. The van der Waals surface area contributed by atoms with Crippen molar-refractivity contribution in [3.63, 3.8) is 0 Å². The van der Waals surface area contributed by atoms with E-state index in [-0.39, 0.29) is 28.0 Å². The number of anilines is 1. The molecule has 166 valence electrons. The molecule has 0 spiro atoms. The lowest BCUT2D eigenvalue weighted by Gasteiger charge is -2.26. The van der Waals surface area contributed by atoms with Crippen molar-refractivity contribution in [2.24, 2.45) is 0 Å². The Morgan fingerprint density at radius 2 is 1.73 bits per heavy atom. The molecule has 1 unspecified atom stereocenters. The molecule has 8 heteroatoms. The summed E-state index contributed by atoms with van der Waals surface area (Å²) in [6.07, 6.45) is -4.59. The summed E-state index contributed by atoms with van der Waals surface area (Å²) in [6.45, 7) is 1.83. The Hall–Kier alpha value is -3.39. The fourth-order valence-corrected chi connectivity index (χ4v) is 4.59. The fourth-order valence-electron chi connectivity index (χ4n) is 4.18. The quantitative estimate of drug-likeness (QED) is 0.302. The van der Waals surface area contributed by atoms with Crippen LogP contribution in [0.4, 0.5) is 18.9 Å². The number of amides is 1. The zero-order chi connectivity index (χ0) is 23.5. The van der Waals surface area contributed by atoms with Crippen LogP contribution in [0, 0.1) is 6.92 Å². The van der Waals surface area contributed by atoms with Crippen LogP contribution in [0.2, 0.25) is 0 Å². The molecule has 2 heterocycles. The number of carbonyl (C=O) groups excluding carboxylic acids is 1. The second-order valence-electron chi connectivity index (χ2n) is 7.85. The van der Waals surface area contributed by atoms with Crippen LogP contribution in [-0.4, -0.2) is 5.91 Å². The third kappa shape index (κ3) is 3.54. The Morgan fingerprint density at radius 1 is 0.970 bits per heavy atom. The minimum Gasteiger partial charge on any atom is -0.450 e. The summed E-state index contributed by atoms with van der Waals surface area (Å²) in [4.78, 5) is 28.2. The largest absolute Gasteiger partial charge is 0.450 e. The topological polar surface area (TPSA) is 50.5 Å². The van der Waals surface area contributed by atoms with E-state index >= 15 is 0 Å². The molecule has 0 radical (unpaired) electrons. The van der Waals surface area contributed by atoms with Crippen LogP contribution in [-0.2, 0) is 6.18 Å². The molecular weight excluding hydrogens is 499 g/mol. The monoisotopic (exact) mass is 513 g/mol. The fraction of sp³-hybridized carbons (Fsp3) is 0.120. The Kier molecular flexibility index (Phi) is 4.93. The van der Waals surface area contributed by atoms with Crippen LogP contribution in [0.15, 0.2) is 80.4 Å². The van der Waals surface area contributed by atoms with Crippen molar-refractivity contribution < 1.29 is 22.4 Å². The Labute approximate surface area is 194 Å². The molecule has 1 aromatic heterocycles. The van der Waals surface area contributed by atoms with Gasteiger partial charge in [-0.25, -0.2) is 0 Å². The molecule has 4 aromatic rings. The van der Waals surface area contributed by atoms with Crippen LogP contribution < -0.4 is 10.3 Å². The van der Waals surface area contributed by atoms with E-state index in [0.29, 0.717) is 15.4 Å². The molecule has 0 saturated carbocycles. The highest BCUT2D eigenvalue weighted by Gasteiger charge is 2.44.